The van der Waals surface area contributed by atoms with Crippen LogP contribution in [0.25, 0.3) is 0 Å². The molecule has 1 aromatic carbocycles. The van der Waals surface area contributed by atoms with Gasteiger partial charge >= 0.3 is 0 Å². The van der Waals surface area contributed by atoms with Gasteiger partial charge in [0.15, 0.2) is 14.1 Å². The van der Waals surface area contributed by atoms with Gasteiger partial charge in [0.05, 0.1) is 36.6 Å². The van der Waals surface area contributed by atoms with E-state index in [9.17, 15) is 5.11 Å². The molecule has 1 aromatic rings. The molecule has 40 heavy (non-hydrogen) atoms. The molecular formula is C34H54O5Si. The molecule has 10 atom stereocenters. The van der Waals surface area contributed by atoms with Gasteiger partial charge in [-0.25, -0.2) is 0 Å². The van der Waals surface area contributed by atoms with Gasteiger partial charge < -0.3 is 23.7 Å². The van der Waals surface area contributed by atoms with E-state index in [2.05, 4.69) is 85.0 Å². The zero-order valence-electron chi connectivity index (χ0n) is 26.2. The van der Waals surface area contributed by atoms with Crippen LogP contribution in [0.3, 0.4) is 0 Å². The van der Waals surface area contributed by atoms with E-state index >= 15 is 0 Å². The van der Waals surface area contributed by atoms with Crippen molar-refractivity contribution < 1.29 is 23.7 Å². The SMILES string of the molecule is CC1(C)O[C@@H]2C3C([C@@H](OCc4ccccc4)C[C@@]4(O)C3CC[C@@H]4O[Si](C)(C)C(C)(C)C)[C@@]3(C)CCCCC3[C@H]2O1. The first-order valence-electron chi connectivity index (χ1n) is 16.1. The second-order valence-corrected chi connectivity index (χ2v) is 20.9. The highest BCUT2D eigenvalue weighted by molar-refractivity contribution is 6.74. The average molecular weight is 571 g/mol. The number of fused-ring (bicyclic) bond motifs is 8. The minimum absolute atomic E-state index is 0.0116. The van der Waals surface area contributed by atoms with E-state index in [1.165, 1.54) is 31.2 Å². The molecular weight excluding hydrogens is 516 g/mol. The summed E-state index contributed by atoms with van der Waals surface area (Å²) in [6.07, 6.45) is 7.31. The van der Waals surface area contributed by atoms with Crippen molar-refractivity contribution in [2.75, 3.05) is 0 Å². The summed E-state index contributed by atoms with van der Waals surface area (Å²) < 4.78 is 27.7. The maximum Gasteiger partial charge on any atom is 0.192 e. The number of ether oxygens (including phenoxy) is 3. The summed E-state index contributed by atoms with van der Waals surface area (Å²) in [5, 5.41) is 12.9. The largest absolute Gasteiger partial charge is 0.411 e. The molecule has 1 saturated heterocycles. The second kappa shape index (κ2) is 9.88. The summed E-state index contributed by atoms with van der Waals surface area (Å²) in [6, 6.07) is 10.5. The first kappa shape index (κ1) is 29.3. The number of benzene rings is 1. The Hall–Kier alpha value is -0.763. The van der Waals surface area contributed by atoms with Crippen LogP contribution in [0.1, 0.15) is 92.1 Å². The summed E-state index contributed by atoms with van der Waals surface area (Å²) in [4.78, 5) is 0. The fourth-order valence-corrected chi connectivity index (χ4v) is 10.9. The monoisotopic (exact) mass is 570 g/mol. The molecule has 5 aliphatic rings. The lowest BCUT2D eigenvalue weighted by atomic mass is 9.44. The third-order valence-corrected chi connectivity index (χ3v) is 16.8. The molecule has 1 aliphatic heterocycles. The summed E-state index contributed by atoms with van der Waals surface area (Å²) in [5.74, 6) is 0.516. The summed E-state index contributed by atoms with van der Waals surface area (Å²) in [5.41, 5.74) is 0.375. The maximum absolute atomic E-state index is 12.9. The first-order chi connectivity index (χ1) is 18.7. The number of hydrogen-bond donors (Lipinski definition) is 1. The van der Waals surface area contributed by atoms with Crippen LogP contribution in [0.5, 0.6) is 0 Å². The van der Waals surface area contributed by atoms with Crippen LogP contribution in [0, 0.1) is 29.1 Å². The fraction of sp³-hybridized carbons (Fsp3) is 0.824. The van der Waals surface area contributed by atoms with E-state index in [-0.39, 0.29) is 46.7 Å². The Kier molecular flexibility index (Phi) is 7.24. The summed E-state index contributed by atoms with van der Waals surface area (Å²) >= 11 is 0. The van der Waals surface area contributed by atoms with Crippen LogP contribution in [0.2, 0.25) is 18.1 Å². The zero-order chi connectivity index (χ0) is 28.7. The molecule has 4 aliphatic carbocycles. The van der Waals surface area contributed by atoms with E-state index in [1.54, 1.807) is 0 Å². The van der Waals surface area contributed by atoms with Crippen molar-refractivity contribution in [3.05, 3.63) is 35.9 Å². The van der Waals surface area contributed by atoms with Crippen molar-refractivity contribution >= 4 is 8.32 Å². The number of aliphatic hydroxyl groups is 1. The van der Waals surface area contributed by atoms with Gasteiger partial charge in [0.25, 0.3) is 0 Å². The lowest BCUT2D eigenvalue weighted by molar-refractivity contribution is -0.252. The normalized spacial score (nSPS) is 44.4. The molecule has 4 saturated carbocycles. The van der Waals surface area contributed by atoms with Crippen molar-refractivity contribution in [3.63, 3.8) is 0 Å². The van der Waals surface area contributed by atoms with Gasteiger partial charge in [0.1, 0.15) is 0 Å². The van der Waals surface area contributed by atoms with E-state index in [1.807, 2.05) is 0 Å². The van der Waals surface area contributed by atoms with Crippen LogP contribution in [0.4, 0.5) is 0 Å². The lowest BCUT2D eigenvalue weighted by Gasteiger charge is -2.64. The van der Waals surface area contributed by atoms with Crippen LogP contribution in [0.15, 0.2) is 30.3 Å². The smallest absolute Gasteiger partial charge is 0.192 e. The fourth-order valence-electron chi connectivity index (χ4n) is 9.52. The number of hydrogen-bond acceptors (Lipinski definition) is 5. The Bertz CT molecular complexity index is 1070. The molecule has 6 heteroatoms. The molecule has 1 heterocycles. The summed E-state index contributed by atoms with van der Waals surface area (Å²) in [7, 11) is -2.08. The van der Waals surface area contributed by atoms with E-state index < -0.39 is 19.7 Å². The van der Waals surface area contributed by atoms with Crippen LogP contribution in [-0.2, 0) is 25.2 Å². The Morgan fingerprint density at radius 2 is 1.65 bits per heavy atom. The Balaban J connectivity index is 1.41. The highest BCUT2D eigenvalue weighted by Crippen LogP contribution is 2.67. The molecule has 0 spiro atoms. The zero-order valence-corrected chi connectivity index (χ0v) is 27.2. The van der Waals surface area contributed by atoms with Crippen LogP contribution in [-0.4, -0.2) is 49.2 Å². The Labute approximate surface area is 243 Å². The van der Waals surface area contributed by atoms with Gasteiger partial charge in [-0.3, -0.25) is 0 Å². The number of rotatable bonds is 5. The first-order valence-corrected chi connectivity index (χ1v) is 19.0. The van der Waals surface area contributed by atoms with Gasteiger partial charge in [-0.15, -0.1) is 0 Å². The standard InChI is InChI=1S/C34H54O5Si/c1-31(2,3)40(7,8)39-26-18-17-23-27-28(25(20-34(23,26)35)36-21-22-14-10-9-11-15-22)33(6)19-13-12-16-24(33)29-30(27)38-32(4,5)37-29/h9-11,14-15,23-30,35H,12-13,16-21H2,1-8H3/t23?,24?,25-,26-,27?,28?,29+,30+,33-,34+/m0/s1. The average Bonchev–Trinajstić information content (AvgIpc) is 3.37. The third-order valence-electron chi connectivity index (χ3n) is 12.3. The lowest BCUT2D eigenvalue weighted by Crippen LogP contribution is -2.69. The van der Waals surface area contributed by atoms with E-state index in [4.69, 9.17) is 18.6 Å². The Morgan fingerprint density at radius 1 is 0.950 bits per heavy atom. The molecule has 0 aromatic heterocycles. The molecule has 0 amide bonds. The molecule has 5 fully saturated rings. The predicted molar refractivity (Wildman–Crippen MR) is 160 cm³/mol. The van der Waals surface area contributed by atoms with Gasteiger partial charge in [0.2, 0.25) is 0 Å². The molecule has 1 N–H and O–H groups in total. The second-order valence-electron chi connectivity index (χ2n) is 16.1. The molecule has 0 bridgehead atoms. The quantitative estimate of drug-likeness (QED) is 0.372. The molecule has 4 unspecified atom stereocenters. The van der Waals surface area contributed by atoms with E-state index in [0.29, 0.717) is 24.9 Å². The predicted octanol–water partition coefficient (Wildman–Crippen LogP) is 7.47. The highest BCUT2D eigenvalue weighted by atomic mass is 28.4. The van der Waals surface area contributed by atoms with Crippen molar-refractivity contribution in [2.45, 2.75) is 147 Å². The summed E-state index contributed by atoms with van der Waals surface area (Å²) in [6.45, 7) is 18.8. The molecule has 0 radical (unpaired) electrons. The Morgan fingerprint density at radius 3 is 2.35 bits per heavy atom. The third kappa shape index (κ3) is 4.68. The van der Waals surface area contributed by atoms with Crippen molar-refractivity contribution in [2.24, 2.45) is 29.1 Å². The van der Waals surface area contributed by atoms with Crippen LogP contribution >= 0.6 is 0 Å². The van der Waals surface area contributed by atoms with Crippen molar-refractivity contribution in [3.8, 4) is 0 Å². The van der Waals surface area contributed by atoms with Crippen LogP contribution < -0.4 is 0 Å². The molecule has 6 rings (SSSR count). The van der Waals surface area contributed by atoms with E-state index in [0.717, 1.165) is 12.8 Å². The molecule has 5 nitrogen and oxygen atoms in total. The molecule has 224 valence electrons. The highest BCUT2D eigenvalue weighted by Gasteiger charge is 2.71. The maximum atomic E-state index is 12.9. The minimum Gasteiger partial charge on any atom is -0.411 e. The van der Waals surface area contributed by atoms with Gasteiger partial charge in [-0.1, -0.05) is 70.9 Å². The van der Waals surface area contributed by atoms with Gasteiger partial charge in [0, 0.05) is 6.42 Å². The van der Waals surface area contributed by atoms with Gasteiger partial charge in [-0.05, 0) is 92.3 Å². The van der Waals surface area contributed by atoms with Crippen molar-refractivity contribution in [1.29, 1.82) is 0 Å². The minimum atomic E-state index is -2.08. The topological polar surface area (TPSA) is 57.2 Å². The van der Waals surface area contributed by atoms with Gasteiger partial charge in [-0.2, -0.15) is 0 Å². The van der Waals surface area contributed by atoms with Crippen molar-refractivity contribution in [1.82, 2.24) is 0 Å².